The molecule has 1 aliphatic heterocycles. The van der Waals surface area contributed by atoms with Crippen molar-refractivity contribution in [3.05, 3.63) is 134 Å². The van der Waals surface area contributed by atoms with Gasteiger partial charge in [0.05, 0.1) is 11.1 Å². The molecule has 0 saturated carbocycles. The van der Waals surface area contributed by atoms with Crippen molar-refractivity contribution >= 4 is 60.1 Å². The van der Waals surface area contributed by atoms with E-state index in [1.165, 1.54) is 22.4 Å². The monoisotopic (exact) mass is 644 g/mol. The lowest BCUT2D eigenvalue weighted by Crippen LogP contribution is -2.31. The highest BCUT2D eigenvalue weighted by Gasteiger charge is 2.24. The van der Waals surface area contributed by atoms with Gasteiger partial charge in [0.1, 0.15) is 0 Å². The third kappa shape index (κ3) is 5.76. The van der Waals surface area contributed by atoms with Crippen LogP contribution in [0, 0.1) is 0 Å². The van der Waals surface area contributed by atoms with Crippen molar-refractivity contribution in [1.82, 2.24) is 10.2 Å². The summed E-state index contributed by atoms with van der Waals surface area (Å²) in [6.07, 6.45) is 3.97. The number of nitrogens with one attached hydrogen (secondary N) is 1. The van der Waals surface area contributed by atoms with Gasteiger partial charge in [-0.25, -0.2) is 4.79 Å². The Balaban J connectivity index is 1.44. The molecule has 0 unspecified atom stereocenters. The van der Waals surface area contributed by atoms with E-state index in [0.717, 1.165) is 16.7 Å². The van der Waals surface area contributed by atoms with Crippen LogP contribution in [-0.4, -0.2) is 35.0 Å². The Hall–Kier alpha value is -3.52. The topological polar surface area (TPSA) is 69.6 Å². The molecule has 7 heteroatoms. The van der Waals surface area contributed by atoms with Gasteiger partial charge in [-0.1, -0.05) is 78.9 Å². The lowest BCUT2D eigenvalue weighted by molar-refractivity contribution is 0.0694. The average Bonchev–Trinajstić information content (AvgIpc) is 2.96. The van der Waals surface area contributed by atoms with Gasteiger partial charge < -0.3 is 15.3 Å². The summed E-state index contributed by atoms with van der Waals surface area (Å²) in [6.45, 7) is 3.10. The number of carboxylic acids is 1. The Labute approximate surface area is 244 Å². The molecular formula is C32H26Br2N2O3. The Morgan fingerprint density at radius 2 is 1.59 bits per heavy atom. The molecule has 1 amide bonds. The van der Waals surface area contributed by atoms with Crippen LogP contribution in [0.5, 0.6) is 0 Å². The number of carbonyl (C=O) groups excluding carboxylic acids is 1. The van der Waals surface area contributed by atoms with Crippen LogP contribution in [0.25, 0.3) is 16.3 Å². The summed E-state index contributed by atoms with van der Waals surface area (Å²) >= 11 is 6.69. The highest BCUT2D eigenvalue weighted by atomic mass is 79.9. The van der Waals surface area contributed by atoms with Gasteiger partial charge in [0, 0.05) is 34.3 Å². The molecule has 0 aromatic heterocycles. The number of rotatable bonds is 7. The second kappa shape index (κ2) is 11.7. The molecule has 5 rings (SSSR count). The zero-order valence-electron chi connectivity index (χ0n) is 21.2. The quantitative estimate of drug-likeness (QED) is 0.215. The largest absolute Gasteiger partial charge is 0.478 e. The highest BCUT2D eigenvalue weighted by Crippen LogP contribution is 2.31. The predicted octanol–water partition coefficient (Wildman–Crippen LogP) is 7.84. The fourth-order valence-corrected chi connectivity index (χ4v) is 5.89. The zero-order chi connectivity index (χ0) is 27.5. The second-order valence-corrected chi connectivity index (χ2v) is 11.1. The molecule has 4 aromatic carbocycles. The lowest BCUT2D eigenvalue weighted by Gasteiger charge is -2.27. The van der Waals surface area contributed by atoms with E-state index in [2.05, 4.69) is 98.7 Å². The number of carboxylic acid groups (broad SMARTS) is 1. The van der Waals surface area contributed by atoms with Crippen LogP contribution in [-0.2, 0) is 0 Å². The fraction of sp³-hybridized carbons (Fsp3) is 0.125. The van der Waals surface area contributed by atoms with E-state index in [-0.39, 0.29) is 17.5 Å². The molecule has 0 saturated heterocycles. The normalized spacial score (nSPS) is 14.1. The minimum absolute atomic E-state index is 0.0776. The predicted molar refractivity (Wildman–Crippen MR) is 163 cm³/mol. The van der Waals surface area contributed by atoms with Crippen LogP contribution in [0.1, 0.15) is 44.8 Å². The molecule has 1 atom stereocenters. The number of benzene rings is 4. The van der Waals surface area contributed by atoms with Crippen molar-refractivity contribution in [3.8, 4) is 0 Å². The van der Waals surface area contributed by atoms with Crippen LogP contribution in [0.4, 0.5) is 0 Å². The Bertz CT molecular complexity index is 1620. The van der Waals surface area contributed by atoms with Crippen LogP contribution in [0.3, 0.4) is 0 Å². The summed E-state index contributed by atoms with van der Waals surface area (Å²) in [5.41, 5.74) is 4.85. The van der Waals surface area contributed by atoms with E-state index in [4.69, 9.17) is 0 Å². The molecule has 196 valence electrons. The molecule has 0 fully saturated rings. The molecule has 0 spiro atoms. The highest BCUT2D eigenvalue weighted by molar-refractivity contribution is 9.11. The van der Waals surface area contributed by atoms with E-state index < -0.39 is 5.97 Å². The Morgan fingerprint density at radius 1 is 0.923 bits per heavy atom. The standard InChI is InChI=1S/C32H26Br2N2O3/c1-20(24-13-7-11-22-10-5-6-12-26(22)24)35-18-23-19-36(15-14-25(23)21-8-3-2-4-9-21)31(37)27-16-30(34)28(32(38)39)17-29(27)33/h2-14,16-17,19-20,35H,15,18H2,1H3,(H,38,39)/t20-/m1/s1. The molecule has 0 radical (unpaired) electrons. The number of nitrogens with zero attached hydrogens (tertiary/aromatic N) is 1. The molecule has 0 aliphatic carbocycles. The molecule has 2 N–H and O–H groups in total. The van der Waals surface area contributed by atoms with Gasteiger partial charge in [-0.2, -0.15) is 0 Å². The summed E-state index contributed by atoms with van der Waals surface area (Å²) in [4.78, 5) is 26.7. The fourth-order valence-electron chi connectivity index (χ4n) is 4.86. The van der Waals surface area contributed by atoms with Crippen molar-refractivity contribution in [1.29, 1.82) is 0 Å². The maximum Gasteiger partial charge on any atom is 0.336 e. The number of aromatic carboxylic acids is 1. The Kier molecular flexibility index (Phi) is 8.12. The molecule has 39 heavy (non-hydrogen) atoms. The van der Waals surface area contributed by atoms with Gasteiger partial charge in [0.25, 0.3) is 5.91 Å². The summed E-state index contributed by atoms with van der Waals surface area (Å²) in [5, 5.41) is 15.5. The van der Waals surface area contributed by atoms with Crippen LogP contribution in [0.2, 0.25) is 0 Å². The first-order valence-electron chi connectivity index (χ1n) is 12.5. The van der Waals surface area contributed by atoms with Crippen LogP contribution >= 0.6 is 31.9 Å². The van der Waals surface area contributed by atoms with Gasteiger partial charge in [0.2, 0.25) is 0 Å². The molecule has 4 aromatic rings. The summed E-state index contributed by atoms with van der Waals surface area (Å²) in [6, 6.07) is 28.0. The third-order valence-electron chi connectivity index (χ3n) is 6.90. The van der Waals surface area contributed by atoms with E-state index in [1.807, 2.05) is 30.5 Å². The molecule has 0 bridgehead atoms. The van der Waals surface area contributed by atoms with Crippen molar-refractivity contribution in [3.63, 3.8) is 0 Å². The first-order valence-corrected chi connectivity index (χ1v) is 14.1. The van der Waals surface area contributed by atoms with E-state index in [1.54, 1.807) is 11.0 Å². The van der Waals surface area contributed by atoms with Gasteiger partial charge in [-0.05, 0) is 84.0 Å². The smallest absolute Gasteiger partial charge is 0.336 e. The zero-order valence-corrected chi connectivity index (χ0v) is 24.4. The number of hydrogen-bond donors (Lipinski definition) is 2. The van der Waals surface area contributed by atoms with Gasteiger partial charge in [0.15, 0.2) is 0 Å². The van der Waals surface area contributed by atoms with E-state index >= 15 is 0 Å². The number of fused-ring (bicyclic) bond motifs is 1. The van der Waals surface area contributed by atoms with Gasteiger partial charge in [-0.3, -0.25) is 4.79 Å². The maximum atomic E-state index is 13.6. The number of halogens is 2. The third-order valence-corrected chi connectivity index (χ3v) is 8.21. The maximum absolute atomic E-state index is 13.6. The van der Waals surface area contributed by atoms with E-state index in [9.17, 15) is 14.7 Å². The van der Waals surface area contributed by atoms with Crippen molar-refractivity contribution in [2.75, 3.05) is 13.1 Å². The minimum atomic E-state index is -1.07. The minimum Gasteiger partial charge on any atom is -0.478 e. The van der Waals surface area contributed by atoms with Crippen molar-refractivity contribution < 1.29 is 14.7 Å². The molecule has 5 nitrogen and oxygen atoms in total. The lowest BCUT2D eigenvalue weighted by atomic mass is 9.94. The number of carbonyl (C=O) groups is 2. The van der Waals surface area contributed by atoms with Crippen molar-refractivity contribution in [2.45, 2.75) is 13.0 Å². The van der Waals surface area contributed by atoms with Gasteiger partial charge in [-0.15, -0.1) is 0 Å². The average molecular weight is 646 g/mol. The molecule has 1 heterocycles. The second-order valence-electron chi connectivity index (χ2n) is 9.38. The summed E-state index contributed by atoms with van der Waals surface area (Å²) < 4.78 is 0.789. The van der Waals surface area contributed by atoms with Crippen LogP contribution < -0.4 is 5.32 Å². The Morgan fingerprint density at radius 3 is 2.36 bits per heavy atom. The molecular weight excluding hydrogens is 620 g/mol. The van der Waals surface area contributed by atoms with Crippen LogP contribution in [0.15, 0.2) is 112 Å². The summed E-state index contributed by atoms with van der Waals surface area (Å²) in [5.74, 6) is -1.29. The number of amides is 1. The SMILES string of the molecule is C[C@@H](NCC1=CN(C(=O)c2cc(Br)c(C(=O)O)cc2Br)CC=C1c1ccccc1)c1cccc2ccccc12. The first-order chi connectivity index (χ1) is 18.8. The van der Waals surface area contributed by atoms with Crippen molar-refractivity contribution in [2.24, 2.45) is 0 Å². The molecule has 1 aliphatic rings. The van der Waals surface area contributed by atoms with Gasteiger partial charge >= 0.3 is 5.97 Å². The first kappa shape index (κ1) is 27.1. The summed E-state index contributed by atoms with van der Waals surface area (Å²) in [7, 11) is 0. The van der Waals surface area contributed by atoms with E-state index in [0.29, 0.717) is 27.6 Å². The number of hydrogen-bond acceptors (Lipinski definition) is 3.